The molecule has 0 aromatic carbocycles. The molecule has 6 heteroatoms. The molecule has 0 bridgehead atoms. The number of unbranched alkanes of at least 4 members (excludes halogenated alkanes) is 19. The highest BCUT2D eigenvalue weighted by atomic mass is 32.3. The van der Waals surface area contributed by atoms with Gasteiger partial charge >= 0.3 is 0 Å². The van der Waals surface area contributed by atoms with Crippen molar-refractivity contribution in [2.24, 2.45) is 0 Å². The first-order valence-corrected chi connectivity index (χ1v) is 16.7. The lowest BCUT2D eigenvalue weighted by Gasteiger charge is -2.34. The molecule has 0 aromatic rings. The predicted molar refractivity (Wildman–Crippen MR) is 156 cm³/mol. The summed E-state index contributed by atoms with van der Waals surface area (Å²) >= 11 is 0. The van der Waals surface area contributed by atoms with Crippen molar-refractivity contribution < 1.29 is 21.6 Å². The SMILES string of the molecule is CCCCCCCCCCCCCC(CCCCCCCCCCCC)[N+](C)(C)C.COS(=O)(=O)[O-]. The highest BCUT2D eigenvalue weighted by Crippen LogP contribution is 2.21. The van der Waals surface area contributed by atoms with Crippen molar-refractivity contribution >= 4 is 10.4 Å². The summed E-state index contributed by atoms with van der Waals surface area (Å²) < 4.78 is 32.2. The Bertz CT molecular complexity index is 532. The van der Waals surface area contributed by atoms with E-state index in [-0.39, 0.29) is 0 Å². The maximum absolute atomic E-state index is 9.22. The van der Waals surface area contributed by atoms with Gasteiger partial charge in [0, 0.05) is 0 Å². The third-order valence-electron chi connectivity index (χ3n) is 7.33. The zero-order valence-corrected chi connectivity index (χ0v) is 26.1. The first-order chi connectivity index (χ1) is 17.1. The van der Waals surface area contributed by atoms with Crippen LogP contribution < -0.4 is 0 Å². The van der Waals surface area contributed by atoms with Crippen molar-refractivity contribution in [3.8, 4) is 0 Å². The van der Waals surface area contributed by atoms with E-state index < -0.39 is 10.4 Å². The summed E-state index contributed by atoms with van der Waals surface area (Å²) in [6, 6.07) is 0.873. The van der Waals surface area contributed by atoms with E-state index in [4.69, 9.17) is 0 Å². The molecule has 0 fully saturated rings. The number of hydrogen-bond acceptors (Lipinski definition) is 4. The molecule has 0 aromatic heterocycles. The van der Waals surface area contributed by atoms with Crippen LogP contribution >= 0.6 is 0 Å². The first-order valence-electron chi connectivity index (χ1n) is 15.4. The Morgan fingerprint density at radius 1 is 0.556 bits per heavy atom. The molecule has 0 N–H and O–H groups in total. The quantitative estimate of drug-likeness (QED) is 0.0506. The van der Waals surface area contributed by atoms with Crippen LogP contribution in [0.3, 0.4) is 0 Å². The minimum Gasteiger partial charge on any atom is -0.726 e. The second-order valence-electron chi connectivity index (χ2n) is 11.6. The second kappa shape index (κ2) is 26.4. The van der Waals surface area contributed by atoms with E-state index in [1.54, 1.807) is 0 Å². The third kappa shape index (κ3) is 31.9. The zero-order valence-electron chi connectivity index (χ0n) is 25.3. The number of rotatable bonds is 25. The van der Waals surface area contributed by atoms with Gasteiger partial charge in [-0.2, -0.15) is 0 Å². The van der Waals surface area contributed by atoms with Gasteiger partial charge < -0.3 is 9.04 Å². The van der Waals surface area contributed by atoms with Crippen LogP contribution in [0, 0.1) is 0 Å². The maximum Gasteiger partial charge on any atom is 0.217 e. The number of quaternary nitrogens is 1. The molecule has 0 radical (unpaired) electrons. The molecule has 0 aliphatic rings. The van der Waals surface area contributed by atoms with Crippen LogP contribution in [0.15, 0.2) is 0 Å². The Labute approximate surface area is 227 Å². The average molecular weight is 536 g/mol. The fourth-order valence-corrected chi connectivity index (χ4v) is 4.83. The molecule has 0 heterocycles. The molecule has 0 saturated heterocycles. The van der Waals surface area contributed by atoms with Gasteiger partial charge in [-0.25, -0.2) is 8.42 Å². The van der Waals surface area contributed by atoms with Gasteiger partial charge in [-0.15, -0.1) is 0 Å². The van der Waals surface area contributed by atoms with E-state index >= 15 is 0 Å². The summed E-state index contributed by atoms with van der Waals surface area (Å²) in [4.78, 5) is 0. The largest absolute Gasteiger partial charge is 0.726 e. The molecule has 0 spiro atoms. The van der Waals surface area contributed by atoms with E-state index in [1.165, 1.54) is 148 Å². The van der Waals surface area contributed by atoms with Crippen LogP contribution in [0.25, 0.3) is 0 Å². The van der Waals surface area contributed by atoms with Crippen molar-refractivity contribution in [2.75, 3.05) is 28.3 Å². The zero-order chi connectivity index (χ0) is 27.5. The van der Waals surface area contributed by atoms with Gasteiger partial charge in [0.15, 0.2) is 0 Å². The summed E-state index contributed by atoms with van der Waals surface area (Å²) in [5, 5.41) is 0. The third-order valence-corrected chi connectivity index (χ3v) is 7.74. The molecule has 0 amide bonds. The normalized spacial score (nSPS) is 12.9. The van der Waals surface area contributed by atoms with Crippen LogP contribution in [0.1, 0.15) is 162 Å². The number of nitrogens with zero attached hydrogens (tertiary/aromatic N) is 1. The van der Waals surface area contributed by atoms with E-state index in [2.05, 4.69) is 39.2 Å². The monoisotopic (exact) mass is 535 g/mol. The lowest BCUT2D eigenvalue weighted by Crippen LogP contribution is -2.45. The molecule has 5 nitrogen and oxygen atoms in total. The summed E-state index contributed by atoms with van der Waals surface area (Å²) in [7, 11) is 3.64. The maximum atomic E-state index is 9.22. The van der Waals surface area contributed by atoms with E-state index in [1.807, 2.05) is 0 Å². The summed E-state index contributed by atoms with van der Waals surface area (Å²) in [6.45, 7) is 4.61. The van der Waals surface area contributed by atoms with Crippen LogP contribution in [0.4, 0.5) is 0 Å². The van der Waals surface area contributed by atoms with Gasteiger partial charge in [-0.3, -0.25) is 4.18 Å². The lowest BCUT2D eigenvalue weighted by atomic mass is 9.98. The van der Waals surface area contributed by atoms with E-state index in [0.29, 0.717) is 0 Å². The molecule has 1 unspecified atom stereocenters. The molecule has 220 valence electrons. The van der Waals surface area contributed by atoms with Crippen LogP contribution in [-0.4, -0.2) is 51.7 Å². The fraction of sp³-hybridized carbons (Fsp3) is 1.00. The highest BCUT2D eigenvalue weighted by Gasteiger charge is 2.22. The Kier molecular flexibility index (Phi) is 27.9. The lowest BCUT2D eigenvalue weighted by molar-refractivity contribution is -0.896. The Balaban J connectivity index is 0. The Morgan fingerprint density at radius 3 is 0.972 bits per heavy atom. The van der Waals surface area contributed by atoms with Crippen LogP contribution in [0.5, 0.6) is 0 Å². The molecular weight excluding hydrogens is 470 g/mol. The van der Waals surface area contributed by atoms with Crippen molar-refractivity contribution in [3.63, 3.8) is 0 Å². The summed E-state index contributed by atoms with van der Waals surface area (Å²) in [5.41, 5.74) is 0. The predicted octanol–water partition coefficient (Wildman–Crippen LogP) is 9.17. The second-order valence-corrected chi connectivity index (χ2v) is 12.8. The molecule has 0 saturated carbocycles. The van der Waals surface area contributed by atoms with Crippen LogP contribution in [0.2, 0.25) is 0 Å². The fourth-order valence-electron chi connectivity index (χ4n) is 4.83. The molecular formula is C30H65NO4S. The highest BCUT2D eigenvalue weighted by molar-refractivity contribution is 7.80. The van der Waals surface area contributed by atoms with Gasteiger partial charge in [-0.05, 0) is 25.7 Å². The molecule has 0 aliphatic carbocycles. The van der Waals surface area contributed by atoms with Crippen molar-refractivity contribution in [1.29, 1.82) is 0 Å². The summed E-state index contributed by atoms with van der Waals surface area (Å²) in [5.74, 6) is 0. The summed E-state index contributed by atoms with van der Waals surface area (Å²) in [6.07, 6.45) is 33.4. The van der Waals surface area contributed by atoms with Crippen LogP contribution in [-0.2, 0) is 14.6 Å². The molecule has 36 heavy (non-hydrogen) atoms. The average Bonchev–Trinajstić information content (AvgIpc) is 2.81. The standard InChI is InChI=1S/C29H62N.CH4O4S/c1-6-8-10-12-14-16-18-20-22-24-26-28-29(30(3,4)5)27-25-23-21-19-17-15-13-11-9-7-2;1-5-6(2,3)4/h29H,6-28H2,1-5H3;1H3,(H,2,3,4)/q+1;/p-1. The first kappa shape index (κ1) is 38.0. The molecule has 0 aliphatic heterocycles. The molecule has 1 atom stereocenters. The van der Waals surface area contributed by atoms with Gasteiger partial charge in [0.1, 0.15) is 0 Å². The van der Waals surface area contributed by atoms with Crippen molar-refractivity contribution in [1.82, 2.24) is 0 Å². The van der Waals surface area contributed by atoms with Crippen molar-refractivity contribution in [2.45, 2.75) is 168 Å². The Hall–Kier alpha value is -0.170. The molecule has 0 rings (SSSR count). The van der Waals surface area contributed by atoms with Gasteiger partial charge in [0.2, 0.25) is 10.4 Å². The van der Waals surface area contributed by atoms with E-state index in [9.17, 15) is 13.0 Å². The minimum absolute atomic E-state index is 0.808. The van der Waals surface area contributed by atoms with Gasteiger partial charge in [0.25, 0.3) is 0 Å². The number of hydrogen-bond donors (Lipinski definition) is 0. The van der Waals surface area contributed by atoms with E-state index in [0.717, 1.165) is 17.6 Å². The minimum atomic E-state index is -4.41. The smallest absolute Gasteiger partial charge is 0.217 e. The van der Waals surface area contributed by atoms with Gasteiger partial charge in [0.05, 0.1) is 34.3 Å². The Morgan fingerprint density at radius 2 is 0.778 bits per heavy atom. The topological polar surface area (TPSA) is 66.4 Å². The van der Waals surface area contributed by atoms with Gasteiger partial charge in [-0.1, -0.05) is 136 Å². The van der Waals surface area contributed by atoms with Crippen molar-refractivity contribution in [3.05, 3.63) is 0 Å².